The minimum absolute atomic E-state index is 0.417. The van der Waals surface area contributed by atoms with E-state index >= 15 is 0 Å². The van der Waals surface area contributed by atoms with E-state index in [2.05, 4.69) is 0 Å². The third-order valence-corrected chi connectivity index (χ3v) is 5.61. The van der Waals surface area contributed by atoms with Gasteiger partial charge in [-0.15, -0.1) is 0 Å². The molecular formula is C19H14F9PS. The molecule has 0 N–H and O–H groups in total. The summed E-state index contributed by atoms with van der Waals surface area (Å²) in [5.74, 6) is 0. The summed E-state index contributed by atoms with van der Waals surface area (Å²) in [4.78, 5) is 3.03. The molecular weight excluding hydrogens is 462 g/mol. The van der Waals surface area contributed by atoms with Crippen molar-refractivity contribution in [1.82, 2.24) is 0 Å². The van der Waals surface area contributed by atoms with E-state index in [-0.39, 0.29) is 0 Å². The van der Waals surface area contributed by atoms with Crippen LogP contribution in [0.4, 0.5) is 38.4 Å². The van der Waals surface area contributed by atoms with Crippen molar-refractivity contribution in [2.24, 2.45) is 0 Å². The molecule has 0 aliphatic carbocycles. The molecule has 0 heterocycles. The van der Waals surface area contributed by atoms with Gasteiger partial charge in [0.1, 0.15) is 0 Å². The number of alkyl halides is 3. The average molecular weight is 476 g/mol. The standard InChI is InChI=1S/C19H14F3S.F6P/c20-19(21,22)15-11-13-18(14-12-15)23(16-7-3-1-4-8-16)17-9-5-2-6-10-17;1-7(2,3,4,5)6/h1-14H;/q+1;-1. The van der Waals surface area contributed by atoms with Gasteiger partial charge in [0.2, 0.25) is 0 Å². The van der Waals surface area contributed by atoms with Crippen LogP contribution < -0.4 is 0 Å². The summed E-state index contributed by atoms with van der Waals surface area (Å²) >= 11 is 0. The molecule has 11 heteroatoms. The molecule has 0 atom stereocenters. The normalized spacial score (nSPS) is 14.3. The number of halogens is 9. The van der Waals surface area contributed by atoms with Crippen LogP contribution >= 0.6 is 7.81 Å². The van der Waals surface area contributed by atoms with Crippen LogP contribution in [-0.2, 0) is 17.1 Å². The van der Waals surface area contributed by atoms with Crippen LogP contribution in [-0.4, -0.2) is 0 Å². The van der Waals surface area contributed by atoms with Crippen LogP contribution in [0.3, 0.4) is 0 Å². The summed E-state index contributed by atoms with van der Waals surface area (Å²) < 4.78 is 97.5. The molecule has 0 aliphatic heterocycles. The predicted molar refractivity (Wildman–Crippen MR) is 100 cm³/mol. The van der Waals surface area contributed by atoms with Crippen LogP contribution in [0.15, 0.2) is 99.6 Å². The molecule has 0 amide bonds. The molecule has 3 aromatic rings. The molecule has 0 aliphatic rings. The van der Waals surface area contributed by atoms with Gasteiger partial charge in [0.15, 0.2) is 14.7 Å². The fraction of sp³-hybridized carbons (Fsp3) is 0.0526. The molecule has 0 spiro atoms. The molecule has 0 bridgehead atoms. The molecule has 0 aromatic heterocycles. The van der Waals surface area contributed by atoms with E-state index in [1.165, 1.54) is 0 Å². The minimum atomic E-state index is -10.7. The average Bonchev–Trinajstić information content (AvgIpc) is 2.61. The quantitative estimate of drug-likeness (QED) is 0.201. The van der Waals surface area contributed by atoms with Gasteiger partial charge in [-0.3, -0.25) is 0 Å². The molecule has 0 saturated carbocycles. The monoisotopic (exact) mass is 476 g/mol. The Morgan fingerprint density at radius 1 is 0.500 bits per heavy atom. The van der Waals surface area contributed by atoms with Crippen molar-refractivity contribution < 1.29 is 38.4 Å². The van der Waals surface area contributed by atoms with Crippen molar-refractivity contribution in [3.05, 3.63) is 90.5 Å². The van der Waals surface area contributed by atoms with Crippen LogP contribution in [0, 0.1) is 0 Å². The molecule has 0 nitrogen and oxygen atoms in total. The van der Waals surface area contributed by atoms with Crippen LogP contribution in [0.5, 0.6) is 0 Å². The summed E-state index contributed by atoms with van der Waals surface area (Å²) in [6.45, 7) is 0. The molecule has 0 unspecified atom stereocenters. The zero-order valence-electron chi connectivity index (χ0n) is 14.8. The first-order valence-corrected chi connectivity index (χ1v) is 11.3. The Morgan fingerprint density at radius 2 is 0.800 bits per heavy atom. The molecule has 164 valence electrons. The van der Waals surface area contributed by atoms with E-state index in [0.29, 0.717) is 0 Å². The van der Waals surface area contributed by atoms with Crippen molar-refractivity contribution >= 4 is 18.7 Å². The molecule has 0 saturated heterocycles. The molecule has 0 radical (unpaired) electrons. The van der Waals surface area contributed by atoms with Crippen LogP contribution in [0.25, 0.3) is 0 Å². The topological polar surface area (TPSA) is 0 Å². The van der Waals surface area contributed by atoms with Gasteiger partial charge >= 0.3 is 39.2 Å². The maximum absolute atomic E-state index is 12.8. The second-order valence-corrected chi connectivity index (χ2v) is 9.86. The Labute approximate surface area is 168 Å². The zero-order chi connectivity index (χ0) is 22.7. The number of rotatable bonds is 3. The van der Waals surface area contributed by atoms with E-state index in [9.17, 15) is 38.4 Å². The van der Waals surface area contributed by atoms with Crippen LogP contribution in [0.2, 0.25) is 0 Å². The van der Waals surface area contributed by atoms with Crippen molar-refractivity contribution in [2.75, 3.05) is 0 Å². The van der Waals surface area contributed by atoms with E-state index < -0.39 is 30.4 Å². The van der Waals surface area contributed by atoms with Gasteiger partial charge in [0.25, 0.3) is 0 Å². The molecule has 30 heavy (non-hydrogen) atoms. The van der Waals surface area contributed by atoms with Crippen molar-refractivity contribution in [2.45, 2.75) is 20.9 Å². The number of hydrogen-bond acceptors (Lipinski definition) is 0. The summed E-state index contributed by atoms with van der Waals surface area (Å²) in [5.41, 5.74) is -0.620. The Balaban J connectivity index is 0.000000396. The third-order valence-electron chi connectivity index (χ3n) is 3.38. The summed E-state index contributed by atoms with van der Waals surface area (Å²) in [5, 5.41) is 0. The Hall–Kier alpha value is -2.19. The second-order valence-electron chi connectivity index (χ2n) is 5.91. The molecule has 3 rings (SSSR count). The Morgan fingerprint density at radius 3 is 1.10 bits per heavy atom. The van der Waals surface area contributed by atoms with Crippen molar-refractivity contribution in [1.29, 1.82) is 0 Å². The fourth-order valence-corrected chi connectivity index (χ4v) is 4.38. The first-order chi connectivity index (χ1) is 13.5. The predicted octanol–water partition coefficient (Wildman–Crippen LogP) is 9.18. The Bertz CT molecular complexity index is 902. The Kier molecular flexibility index (Phi) is 6.27. The van der Waals surface area contributed by atoms with Gasteiger partial charge in [-0.2, -0.15) is 13.2 Å². The van der Waals surface area contributed by atoms with E-state index in [4.69, 9.17) is 0 Å². The second kappa shape index (κ2) is 7.81. The summed E-state index contributed by atoms with van der Waals surface area (Å²) in [6.07, 6.45) is -4.31. The molecule has 0 fully saturated rings. The first kappa shape index (κ1) is 24.1. The van der Waals surface area contributed by atoms with Gasteiger partial charge in [-0.1, -0.05) is 36.4 Å². The summed E-state index contributed by atoms with van der Waals surface area (Å²) in [7, 11) is -11.1. The van der Waals surface area contributed by atoms with Gasteiger partial charge in [-0.25, -0.2) is 0 Å². The first-order valence-electron chi connectivity index (χ1n) is 8.09. The number of benzene rings is 3. The summed E-state index contributed by atoms with van der Waals surface area (Å²) in [6, 6.07) is 25.1. The van der Waals surface area contributed by atoms with E-state index in [1.807, 2.05) is 60.7 Å². The van der Waals surface area contributed by atoms with E-state index in [1.54, 1.807) is 12.1 Å². The fourth-order valence-electron chi connectivity index (χ4n) is 2.30. The van der Waals surface area contributed by atoms with Crippen LogP contribution in [0.1, 0.15) is 5.56 Å². The maximum atomic E-state index is 12.8. The zero-order valence-corrected chi connectivity index (χ0v) is 16.6. The number of hydrogen-bond donors (Lipinski definition) is 0. The van der Waals surface area contributed by atoms with Gasteiger partial charge < -0.3 is 0 Å². The van der Waals surface area contributed by atoms with E-state index in [0.717, 1.165) is 26.8 Å². The van der Waals surface area contributed by atoms with Crippen molar-refractivity contribution in [3.63, 3.8) is 0 Å². The third kappa shape index (κ3) is 9.09. The molecule has 3 aromatic carbocycles. The van der Waals surface area contributed by atoms with Gasteiger partial charge in [0, 0.05) is 0 Å². The SMILES string of the molecule is FC(F)(F)c1ccc([S+](c2ccccc2)c2ccccc2)cc1.F[P-](F)(F)(F)(F)F. The van der Waals surface area contributed by atoms with Gasteiger partial charge in [0.05, 0.1) is 16.5 Å². The van der Waals surface area contributed by atoms with Gasteiger partial charge in [-0.05, 0) is 48.5 Å². The van der Waals surface area contributed by atoms with Crippen molar-refractivity contribution in [3.8, 4) is 0 Å².